The van der Waals surface area contributed by atoms with E-state index in [2.05, 4.69) is 31.9 Å². The SMILES string of the molecule is CCOC(=O)C1=C(c2ccccc2)N=c2s/c(=C\c3cc(Br)c(OCC)c(Br)c3)c(=O)n2[C@H]1c1ccc(OC)c(OC)c1. The lowest BCUT2D eigenvalue weighted by atomic mass is 9.93. The highest BCUT2D eigenvalue weighted by Crippen LogP contribution is 2.39. The van der Waals surface area contributed by atoms with Gasteiger partial charge >= 0.3 is 5.97 Å². The zero-order chi connectivity index (χ0) is 30.7. The summed E-state index contributed by atoms with van der Waals surface area (Å²) >= 11 is 8.39. The third kappa shape index (κ3) is 6.07. The van der Waals surface area contributed by atoms with Crippen LogP contribution < -0.4 is 29.1 Å². The maximum Gasteiger partial charge on any atom is 0.338 e. The average Bonchev–Trinajstić information content (AvgIpc) is 3.32. The van der Waals surface area contributed by atoms with Crippen LogP contribution in [-0.2, 0) is 9.53 Å². The average molecular weight is 728 g/mol. The molecule has 2 heterocycles. The summed E-state index contributed by atoms with van der Waals surface area (Å²) in [6.07, 6.45) is 1.80. The fourth-order valence-corrected chi connectivity index (χ4v) is 7.33. The Balaban J connectivity index is 1.81. The van der Waals surface area contributed by atoms with E-state index in [1.165, 1.54) is 18.4 Å². The van der Waals surface area contributed by atoms with Crippen LogP contribution in [0.1, 0.15) is 36.6 Å². The van der Waals surface area contributed by atoms with Crippen LogP contribution in [0.5, 0.6) is 17.2 Å². The van der Waals surface area contributed by atoms with Crippen LogP contribution in [0.3, 0.4) is 0 Å². The fraction of sp³-hybridized carbons (Fsp3) is 0.219. The highest BCUT2D eigenvalue weighted by atomic mass is 79.9. The van der Waals surface area contributed by atoms with Crippen molar-refractivity contribution in [3.63, 3.8) is 0 Å². The molecule has 222 valence electrons. The van der Waals surface area contributed by atoms with E-state index in [1.54, 1.807) is 36.8 Å². The number of nitrogens with zero attached hydrogens (tertiary/aromatic N) is 2. The minimum atomic E-state index is -0.841. The number of esters is 1. The molecule has 43 heavy (non-hydrogen) atoms. The molecule has 0 amide bonds. The maximum absolute atomic E-state index is 14.2. The molecule has 4 aromatic rings. The Kier molecular flexibility index (Phi) is 9.53. The lowest BCUT2D eigenvalue weighted by Gasteiger charge is -2.26. The number of thiazole rings is 1. The van der Waals surface area contributed by atoms with E-state index >= 15 is 0 Å². The Labute approximate surface area is 269 Å². The molecule has 0 saturated heterocycles. The van der Waals surface area contributed by atoms with Crippen molar-refractivity contribution in [2.24, 2.45) is 4.99 Å². The van der Waals surface area contributed by atoms with Gasteiger partial charge in [0.25, 0.3) is 5.56 Å². The number of methoxy groups -OCH3 is 2. The molecule has 0 aliphatic carbocycles. The van der Waals surface area contributed by atoms with E-state index in [0.29, 0.717) is 44.4 Å². The highest BCUT2D eigenvalue weighted by molar-refractivity contribution is 9.11. The van der Waals surface area contributed by atoms with Gasteiger partial charge in [0.2, 0.25) is 0 Å². The van der Waals surface area contributed by atoms with Gasteiger partial charge in [0.05, 0.1) is 58.2 Å². The first kappa shape index (κ1) is 30.8. The summed E-state index contributed by atoms with van der Waals surface area (Å²) in [4.78, 5) is 33.2. The standard InChI is InChI=1S/C32H28Br2N2O6S/c1-5-41-29-21(33)14-18(15-22(29)34)16-25-30(37)36-28(20-12-13-23(39-3)24(17-20)40-4)26(31(38)42-6-2)27(35-32(36)43-25)19-10-8-7-9-11-19/h7-17,28H,5-6H2,1-4H3/b25-16-/t28-/m0/s1. The van der Waals surface area contributed by atoms with Gasteiger partial charge in [-0.25, -0.2) is 9.79 Å². The number of rotatable bonds is 9. The number of halogens is 2. The molecule has 1 aliphatic heterocycles. The second-order valence-electron chi connectivity index (χ2n) is 9.29. The first-order valence-electron chi connectivity index (χ1n) is 13.4. The lowest BCUT2D eigenvalue weighted by molar-refractivity contribution is -0.138. The van der Waals surface area contributed by atoms with E-state index in [4.69, 9.17) is 23.9 Å². The summed E-state index contributed by atoms with van der Waals surface area (Å²) < 4.78 is 25.8. The van der Waals surface area contributed by atoms with Gasteiger partial charge in [-0.1, -0.05) is 47.7 Å². The number of carbonyl (C=O) groups excluding carboxylic acids is 1. The maximum atomic E-state index is 14.2. The fourth-order valence-electron chi connectivity index (χ4n) is 4.88. The molecule has 0 radical (unpaired) electrons. The van der Waals surface area contributed by atoms with Crippen molar-refractivity contribution in [2.45, 2.75) is 19.9 Å². The van der Waals surface area contributed by atoms with Crippen LogP contribution in [0.25, 0.3) is 11.8 Å². The Morgan fingerprint density at radius 2 is 1.67 bits per heavy atom. The van der Waals surface area contributed by atoms with Crippen molar-refractivity contribution in [3.8, 4) is 17.2 Å². The third-order valence-electron chi connectivity index (χ3n) is 6.70. The number of ether oxygens (including phenoxy) is 4. The number of fused-ring (bicyclic) bond motifs is 1. The van der Waals surface area contributed by atoms with Crippen LogP contribution in [0.15, 0.2) is 85.0 Å². The van der Waals surface area contributed by atoms with Crippen LogP contribution in [0.2, 0.25) is 0 Å². The van der Waals surface area contributed by atoms with Crippen molar-refractivity contribution in [1.29, 1.82) is 0 Å². The molecule has 3 aromatic carbocycles. The first-order valence-corrected chi connectivity index (χ1v) is 15.8. The number of hydrogen-bond donors (Lipinski definition) is 0. The van der Waals surface area contributed by atoms with Crippen molar-refractivity contribution in [2.75, 3.05) is 27.4 Å². The van der Waals surface area contributed by atoms with E-state index in [9.17, 15) is 9.59 Å². The van der Waals surface area contributed by atoms with E-state index < -0.39 is 12.0 Å². The van der Waals surface area contributed by atoms with E-state index in [-0.39, 0.29) is 17.7 Å². The second-order valence-corrected chi connectivity index (χ2v) is 12.0. The van der Waals surface area contributed by atoms with Gasteiger partial charge in [0.1, 0.15) is 5.75 Å². The summed E-state index contributed by atoms with van der Waals surface area (Å²) in [6, 6.07) is 17.7. The van der Waals surface area contributed by atoms with Gasteiger partial charge in [-0.05, 0) is 87.2 Å². The molecule has 0 N–H and O–H groups in total. The van der Waals surface area contributed by atoms with Crippen molar-refractivity contribution < 1.29 is 23.7 Å². The molecule has 11 heteroatoms. The summed E-state index contributed by atoms with van der Waals surface area (Å²) in [5.41, 5.74) is 2.56. The molecule has 1 atom stereocenters. The molecule has 0 spiro atoms. The molecular weight excluding hydrogens is 700 g/mol. The third-order valence-corrected chi connectivity index (χ3v) is 8.87. The van der Waals surface area contributed by atoms with Gasteiger partial charge in [-0.3, -0.25) is 9.36 Å². The zero-order valence-corrected chi connectivity index (χ0v) is 27.8. The molecular formula is C32H28Br2N2O6S. The number of benzene rings is 3. The summed E-state index contributed by atoms with van der Waals surface area (Å²) in [6.45, 7) is 4.33. The topological polar surface area (TPSA) is 88.4 Å². The van der Waals surface area contributed by atoms with Crippen molar-refractivity contribution >= 4 is 60.9 Å². The Hall–Kier alpha value is -3.67. The minimum absolute atomic E-state index is 0.162. The minimum Gasteiger partial charge on any atom is -0.493 e. The molecule has 0 saturated carbocycles. The van der Waals surface area contributed by atoms with Crippen LogP contribution in [0.4, 0.5) is 0 Å². The molecule has 8 nitrogen and oxygen atoms in total. The number of hydrogen-bond acceptors (Lipinski definition) is 8. The Morgan fingerprint density at radius 3 is 2.30 bits per heavy atom. The number of carbonyl (C=O) groups is 1. The molecule has 0 fully saturated rings. The predicted molar refractivity (Wildman–Crippen MR) is 174 cm³/mol. The van der Waals surface area contributed by atoms with Gasteiger partial charge in [-0.2, -0.15) is 0 Å². The van der Waals surface area contributed by atoms with Crippen molar-refractivity contribution in [3.05, 3.63) is 112 Å². The van der Waals surface area contributed by atoms with E-state index in [1.807, 2.05) is 55.5 Å². The molecule has 1 aromatic heterocycles. The first-order chi connectivity index (χ1) is 20.8. The quantitative estimate of drug-likeness (QED) is 0.200. The smallest absolute Gasteiger partial charge is 0.338 e. The second kappa shape index (κ2) is 13.3. The Bertz CT molecular complexity index is 1880. The summed E-state index contributed by atoms with van der Waals surface area (Å²) in [5, 5.41) is 0. The predicted octanol–water partition coefficient (Wildman–Crippen LogP) is 5.88. The van der Waals surface area contributed by atoms with Gasteiger partial charge in [-0.15, -0.1) is 0 Å². The Morgan fingerprint density at radius 1 is 0.977 bits per heavy atom. The highest BCUT2D eigenvalue weighted by Gasteiger charge is 2.35. The van der Waals surface area contributed by atoms with E-state index in [0.717, 1.165) is 20.1 Å². The normalized spacial score (nSPS) is 14.7. The molecule has 1 aliphatic rings. The van der Waals surface area contributed by atoms with Gasteiger partial charge in [0.15, 0.2) is 16.3 Å². The molecule has 0 unspecified atom stereocenters. The monoisotopic (exact) mass is 726 g/mol. The van der Waals surface area contributed by atoms with Gasteiger partial charge < -0.3 is 18.9 Å². The molecule has 0 bridgehead atoms. The van der Waals surface area contributed by atoms with Crippen molar-refractivity contribution in [1.82, 2.24) is 4.57 Å². The van der Waals surface area contributed by atoms with Crippen LogP contribution >= 0.6 is 43.2 Å². The lowest BCUT2D eigenvalue weighted by Crippen LogP contribution is -2.40. The summed E-state index contributed by atoms with van der Waals surface area (Å²) in [5.74, 6) is 1.11. The van der Waals surface area contributed by atoms with Gasteiger partial charge in [0, 0.05) is 5.56 Å². The van der Waals surface area contributed by atoms with Crippen LogP contribution in [-0.4, -0.2) is 38.0 Å². The zero-order valence-electron chi connectivity index (χ0n) is 23.9. The van der Waals surface area contributed by atoms with Crippen LogP contribution in [0, 0.1) is 0 Å². The largest absolute Gasteiger partial charge is 0.493 e. The summed E-state index contributed by atoms with van der Waals surface area (Å²) in [7, 11) is 3.09. The number of aromatic nitrogens is 1. The molecule has 5 rings (SSSR count).